The van der Waals surface area contributed by atoms with Crippen molar-refractivity contribution in [2.45, 2.75) is 51.4 Å². The summed E-state index contributed by atoms with van der Waals surface area (Å²) < 4.78 is 10.8. The van der Waals surface area contributed by atoms with E-state index in [0.717, 1.165) is 51.2 Å². The topological polar surface area (TPSA) is 46.1 Å². The van der Waals surface area contributed by atoms with E-state index < -0.39 is 0 Å². The van der Waals surface area contributed by atoms with E-state index >= 15 is 0 Å². The summed E-state index contributed by atoms with van der Waals surface area (Å²) >= 11 is 0. The van der Waals surface area contributed by atoms with E-state index in [1.54, 1.807) is 7.11 Å². The maximum atomic E-state index is 5.45. The minimum absolute atomic E-state index is 0.396. The van der Waals surface area contributed by atoms with E-state index in [0.29, 0.717) is 5.41 Å². The first kappa shape index (κ1) is 19.5. The Kier molecular flexibility index (Phi) is 8.33. The summed E-state index contributed by atoms with van der Waals surface area (Å²) in [5.74, 6) is 1.84. The Morgan fingerprint density at radius 1 is 1.29 bits per heavy atom. The van der Waals surface area contributed by atoms with E-state index in [2.05, 4.69) is 22.3 Å². The summed E-state index contributed by atoms with van der Waals surface area (Å²) in [6.07, 6.45) is 10.1. The van der Waals surface area contributed by atoms with Crippen molar-refractivity contribution in [3.05, 3.63) is 0 Å². The maximum absolute atomic E-state index is 5.45. The minimum Gasteiger partial charge on any atom is -0.385 e. The lowest BCUT2D eigenvalue weighted by Crippen LogP contribution is -2.44. The Morgan fingerprint density at radius 2 is 2.00 bits per heavy atom. The molecule has 0 spiro atoms. The zero-order valence-corrected chi connectivity index (χ0v) is 16.0. The van der Waals surface area contributed by atoms with Gasteiger partial charge in [0.15, 0.2) is 5.96 Å². The Hall–Kier alpha value is -0.810. The number of methoxy groups -OCH3 is 1. The van der Waals surface area contributed by atoms with Crippen LogP contribution < -0.4 is 5.32 Å². The number of hydrogen-bond acceptors (Lipinski definition) is 3. The lowest BCUT2D eigenvalue weighted by molar-refractivity contribution is 0.0625. The van der Waals surface area contributed by atoms with Gasteiger partial charge in [-0.15, -0.1) is 0 Å². The fourth-order valence-corrected chi connectivity index (χ4v) is 4.13. The molecule has 5 heteroatoms. The first-order valence-corrected chi connectivity index (χ1v) is 9.67. The molecule has 1 aliphatic heterocycles. The van der Waals surface area contributed by atoms with E-state index in [9.17, 15) is 0 Å². The fraction of sp³-hybridized carbons (Fsp3) is 0.947. The molecule has 1 heterocycles. The van der Waals surface area contributed by atoms with Crippen LogP contribution in [0.15, 0.2) is 4.99 Å². The van der Waals surface area contributed by atoms with Gasteiger partial charge < -0.3 is 19.7 Å². The number of nitrogens with one attached hydrogen (secondary N) is 1. The highest BCUT2D eigenvalue weighted by Crippen LogP contribution is 2.40. The van der Waals surface area contributed by atoms with Gasteiger partial charge in [0.2, 0.25) is 0 Å². The van der Waals surface area contributed by atoms with Crippen molar-refractivity contribution in [3.8, 4) is 0 Å². The van der Waals surface area contributed by atoms with Crippen LogP contribution in [0.4, 0.5) is 0 Å². The molecule has 0 aromatic carbocycles. The van der Waals surface area contributed by atoms with Gasteiger partial charge in [-0.1, -0.05) is 12.8 Å². The second kappa shape index (κ2) is 10.2. The van der Waals surface area contributed by atoms with Crippen LogP contribution in [0, 0.1) is 11.3 Å². The molecular weight excluding hydrogens is 302 g/mol. The molecule has 0 bridgehead atoms. The molecule has 1 saturated heterocycles. The van der Waals surface area contributed by atoms with Crippen molar-refractivity contribution >= 4 is 5.96 Å². The molecule has 1 aliphatic carbocycles. The summed E-state index contributed by atoms with van der Waals surface area (Å²) in [5.41, 5.74) is 0.396. The van der Waals surface area contributed by atoms with Crippen LogP contribution in [-0.4, -0.2) is 65.0 Å². The largest absolute Gasteiger partial charge is 0.385 e. The second-order valence-electron chi connectivity index (χ2n) is 7.62. The van der Waals surface area contributed by atoms with Gasteiger partial charge in [0.05, 0.1) is 0 Å². The third-order valence-electron chi connectivity index (χ3n) is 5.91. The number of nitrogens with zero attached hydrogens (tertiary/aromatic N) is 2. The quantitative estimate of drug-likeness (QED) is 0.546. The highest BCUT2D eigenvalue weighted by molar-refractivity contribution is 5.79. The smallest absolute Gasteiger partial charge is 0.193 e. The van der Waals surface area contributed by atoms with E-state index in [1.165, 1.54) is 44.9 Å². The van der Waals surface area contributed by atoms with Crippen molar-refractivity contribution in [3.63, 3.8) is 0 Å². The van der Waals surface area contributed by atoms with E-state index in [-0.39, 0.29) is 0 Å². The number of aliphatic imine (C=N–C) groups is 1. The summed E-state index contributed by atoms with van der Waals surface area (Å²) in [4.78, 5) is 6.79. The first-order valence-electron chi connectivity index (χ1n) is 9.67. The Balaban J connectivity index is 1.77. The molecule has 2 aliphatic rings. The summed E-state index contributed by atoms with van der Waals surface area (Å²) in [6, 6.07) is 0. The van der Waals surface area contributed by atoms with Crippen molar-refractivity contribution in [2.75, 3.05) is 54.1 Å². The molecule has 0 unspecified atom stereocenters. The molecule has 24 heavy (non-hydrogen) atoms. The highest BCUT2D eigenvalue weighted by Gasteiger charge is 2.33. The average molecular weight is 340 g/mol. The van der Waals surface area contributed by atoms with Gasteiger partial charge in [0.25, 0.3) is 0 Å². The monoisotopic (exact) mass is 339 g/mol. The molecule has 5 nitrogen and oxygen atoms in total. The van der Waals surface area contributed by atoms with E-state index in [1.807, 2.05) is 7.05 Å². The Bertz CT molecular complexity index is 375. The summed E-state index contributed by atoms with van der Waals surface area (Å²) in [5, 5.41) is 3.64. The van der Waals surface area contributed by atoms with Crippen molar-refractivity contribution in [2.24, 2.45) is 16.3 Å². The van der Waals surface area contributed by atoms with Crippen LogP contribution >= 0.6 is 0 Å². The average Bonchev–Trinajstić information content (AvgIpc) is 3.09. The zero-order valence-electron chi connectivity index (χ0n) is 16.0. The molecule has 140 valence electrons. The third-order valence-corrected chi connectivity index (χ3v) is 5.91. The van der Waals surface area contributed by atoms with Crippen LogP contribution in [0.1, 0.15) is 51.4 Å². The SMILES string of the molecule is CN=C(NCC1(CCOC)CCCC1)N(C)CCC1CCOCC1. The van der Waals surface area contributed by atoms with Gasteiger partial charge >= 0.3 is 0 Å². The maximum Gasteiger partial charge on any atom is 0.193 e. The van der Waals surface area contributed by atoms with Crippen LogP contribution in [0.2, 0.25) is 0 Å². The van der Waals surface area contributed by atoms with Gasteiger partial charge in [-0.05, 0) is 49.9 Å². The predicted molar refractivity (Wildman–Crippen MR) is 99.5 cm³/mol. The first-order chi connectivity index (χ1) is 11.7. The molecule has 0 aromatic heterocycles. The Labute approximate surface area is 148 Å². The fourth-order valence-electron chi connectivity index (χ4n) is 4.13. The molecule has 0 amide bonds. The van der Waals surface area contributed by atoms with Crippen molar-refractivity contribution in [1.29, 1.82) is 0 Å². The lowest BCUT2D eigenvalue weighted by atomic mass is 9.83. The van der Waals surface area contributed by atoms with Gasteiger partial charge in [0.1, 0.15) is 0 Å². The molecule has 2 fully saturated rings. The van der Waals surface area contributed by atoms with Crippen molar-refractivity contribution in [1.82, 2.24) is 10.2 Å². The molecule has 0 atom stereocenters. The van der Waals surface area contributed by atoms with E-state index in [4.69, 9.17) is 9.47 Å². The normalized spacial score (nSPS) is 21.9. The molecular formula is C19H37N3O2. The van der Waals surface area contributed by atoms with Crippen LogP contribution in [-0.2, 0) is 9.47 Å². The summed E-state index contributed by atoms with van der Waals surface area (Å²) in [6.45, 7) is 4.81. The number of rotatable bonds is 8. The Morgan fingerprint density at radius 3 is 2.62 bits per heavy atom. The molecule has 2 rings (SSSR count). The highest BCUT2D eigenvalue weighted by atomic mass is 16.5. The zero-order chi connectivity index (χ0) is 17.3. The van der Waals surface area contributed by atoms with Gasteiger partial charge in [-0.25, -0.2) is 0 Å². The number of hydrogen-bond donors (Lipinski definition) is 1. The lowest BCUT2D eigenvalue weighted by Gasteiger charge is -2.32. The summed E-state index contributed by atoms with van der Waals surface area (Å²) in [7, 11) is 5.86. The molecule has 0 radical (unpaired) electrons. The van der Waals surface area contributed by atoms with Gasteiger partial charge in [-0.3, -0.25) is 4.99 Å². The van der Waals surface area contributed by atoms with Crippen LogP contribution in [0.25, 0.3) is 0 Å². The van der Waals surface area contributed by atoms with Gasteiger partial charge in [0, 0.05) is 54.1 Å². The predicted octanol–water partition coefficient (Wildman–Crippen LogP) is 2.91. The van der Waals surface area contributed by atoms with Crippen LogP contribution in [0.5, 0.6) is 0 Å². The van der Waals surface area contributed by atoms with Crippen LogP contribution in [0.3, 0.4) is 0 Å². The minimum atomic E-state index is 0.396. The van der Waals surface area contributed by atoms with Gasteiger partial charge in [-0.2, -0.15) is 0 Å². The molecule has 0 aromatic rings. The molecule has 1 N–H and O–H groups in total. The second-order valence-corrected chi connectivity index (χ2v) is 7.62. The number of guanidine groups is 1. The standard InChI is InChI=1S/C19H37N3O2/c1-20-18(22(2)12-6-17-7-13-24-14-8-17)21-16-19(11-15-23-3)9-4-5-10-19/h17H,4-16H2,1-3H3,(H,20,21). The molecule has 1 saturated carbocycles. The third kappa shape index (κ3) is 5.92. The van der Waals surface area contributed by atoms with Crippen molar-refractivity contribution < 1.29 is 9.47 Å². The number of ether oxygens (including phenoxy) is 2.